The van der Waals surface area contributed by atoms with E-state index in [1.807, 2.05) is 40.9 Å². The molecular weight excluding hydrogens is 479 g/mol. The molecule has 2 aliphatic rings. The largest absolute Gasteiger partial charge is 0.357 e. The van der Waals surface area contributed by atoms with Crippen LogP contribution in [0.3, 0.4) is 0 Å². The summed E-state index contributed by atoms with van der Waals surface area (Å²) in [5, 5.41) is 4.70. The van der Waals surface area contributed by atoms with E-state index in [9.17, 15) is 9.18 Å². The molecule has 9 heteroatoms. The van der Waals surface area contributed by atoms with Gasteiger partial charge < -0.3 is 9.80 Å². The first-order valence-corrected chi connectivity index (χ1v) is 12.7. The van der Waals surface area contributed by atoms with Gasteiger partial charge in [-0.15, -0.1) is 5.10 Å². The van der Waals surface area contributed by atoms with Crippen molar-refractivity contribution in [2.75, 3.05) is 29.4 Å². The molecule has 2 aliphatic heterocycles. The second-order valence-corrected chi connectivity index (χ2v) is 9.83. The van der Waals surface area contributed by atoms with E-state index in [1.165, 1.54) is 6.07 Å². The predicted octanol–water partition coefficient (Wildman–Crippen LogP) is 5.25. The second-order valence-electron chi connectivity index (χ2n) is 9.46. The monoisotopic (exact) mass is 504 g/mol. The number of hydrogen-bond donors (Lipinski definition) is 0. The summed E-state index contributed by atoms with van der Waals surface area (Å²) in [7, 11) is 0. The van der Waals surface area contributed by atoms with Gasteiger partial charge in [0.05, 0.1) is 17.9 Å². The van der Waals surface area contributed by atoms with Crippen molar-refractivity contribution in [3.05, 3.63) is 72.2 Å². The second kappa shape index (κ2) is 9.50. The molecule has 3 aromatic heterocycles. The normalized spacial score (nSPS) is 18.8. The van der Waals surface area contributed by atoms with Crippen molar-refractivity contribution in [2.45, 2.75) is 31.7 Å². The average Bonchev–Trinajstić information content (AvgIpc) is 3.56. The van der Waals surface area contributed by atoms with Gasteiger partial charge in [-0.25, -0.2) is 18.9 Å². The maximum absolute atomic E-state index is 13.9. The molecule has 0 N–H and O–H groups in total. The smallest absolute Gasteiger partial charge is 0.224 e. The topological polar surface area (TPSA) is 66.6 Å². The first kappa shape index (κ1) is 22.9. The third-order valence-corrected chi connectivity index (χ3v) is 7.57. The summed E-state index contributed by atoms with van der Waals surface area (Å²) in [6.45, 7) is 2.34. The van der Waals surface area contributed by atoms with Crippen molar-refractivity contribution in [3.8, 4) is 11.4 Å². The van der Waals surface area contributed by atoms with Gasteiger partial charge in [0.15, 0.2) is 5.65 Å². The molecule has 1 unspecified atom stereocenters. The minimum atomic E-state index is -0.249. The van der Waals surface area contributed by atoms with Crippen molar-refractivity contribution in [1.82, 2.24) is 19.6 Å². The Hall–Kier alpha value is -3.52. The van der Waals surface area contributed by atoms with Crippen molar-refractivity contribution in [1.29, 1.82) is 0 Å². The van der Waals surface area contributed by atoms with Crippen LogP contribution < -0.4 is 9.80 Å². The van der Waals surface area contributed by atoms with Gasteiger partial charge in [-0.1, -0.05) is 18.2 Å². The van der Waals surface area contributed by atoms with Crippen LogP contribution in [-0.4, -0.2) is 44.5 Å². The number of benzene rings is 1. The highest BCUT2D eigenvalue weighted by Crippen LogP contribution is 2.36. The molecule has 4 aromatic rings. The van der Waals surface area contributed by atoms with Crippen LogP contribution in [0.5, 0.6) is 0 Å². The van der Waals surface area contributed by atoms with Crippen molar-refractivity contribution < 1.29 is 9.18 Å². The maximum atomic E-state index is 13.9. The zero-order valence-electron chi connectivity index (χ0n) is 19.7. The standard InChI is InChI=1S/C27H26ClFN6O/c28-27(36)18-11-14-33(15-12-18)25-8-2-6-21(31-25)23-17-30-24-9-10-26(32-35(23)24)34-13-3-7-22(34)19-4-1-5-20(29)16-19/h1-2,4-6,8-10,16-18,22H,3,7,11-15H2. The number of imidazole rings is 1. The highest BCUT2D eigenvalue weighted by atomic mass is 35.5. The Bertz CT molecular complexity index is 1420. The summed E-state index contributed by atoms with van der Waals surface area (Å²) in [6, 6.07) is 16.8. The van der Waals surface area contributed by atoms with E-state index in [2.05, 4.69) is 14.8 Å². The van der Waals surface area contributed by atoms with Gasteiger partial charge >= 0.3 is 0 Å². The molecule has 0 amide bonds. The van der Waals surface area contributed by atoms with Gasteiger partial charge in [0, 0.05) is 25.6 Å². The Labute approximate surface area is 213 Å². The minimum absolute atomic E-state index is 0.0747. The lowest BCUT2D eigenvalue weighted by Gasteiger charge is -2.31. The van der Waals surface area contributed by atoms with E-state index >= 15 is 0 Å². The Morgan fingerprint density at radius 1 is 0.972 bits per heavy atom. The van der Waals surface area contributed by atoms with Gasteiger partial charge in [-0.3, -0.25) is 4.79 Å². The van der Waals surface area contributed by atoms with Crippen LogP contribution in [0, 0.1) is 11.7 Å². The Morgan fingerprint density at radius 3 is 2.61 bits per heavy atom. The van der Waals surface area contributed by atoms with Gasteiger partial charge in [0.2, 0.25) is 5.24 Å². The minimum Gasteiger partial charge on any atom is -0.357 e. The van der Waals surface area contributed by atoms with Gasteiger partial charge in [-0.05, 0) is 79.2 Å². The molecule has 0 radical (unpaired) electrons. The number of fused-ring (bicyclic) bond motifs is 1. The Morgan fingerprint density at radius 2 is 1.81 bits per heavy atom. The van der Waals surface area contributed by atoms with Crippen LogP contribution in [0.1, 0.15) is 37.3 Å². The molecule has 0 spiro atoms. The molecule has 2 saturated heterocycles. The van der Waals surface area contributed by atoms with E-state index in [0.717, 1.165) is 79.6 Å². The van der Waals surface area contributed by atoms with Crippen LogP contribution in [0.25, 0.3) is 17.0 Å². The van der Waals surface area contributed by atoms with Crippen LogP contribution >= 0.6 is 11.6 Å². The number of halogens is 2. The highest BCUT2D eigenvalue weighted by molar-refractivity contribution is 6.64. The Kier molecular flexibility index (Phi) is 6.05. The third kappa shape index (κ3) is 4.30. The van der Waals surface area contributed by atoms with E-state index in [4.69, 9.17) is 21.7 Å². The molecule has 1 atom stereocenters. The number of nitrogens with zero attached hydrogens (tertiary/aromatic N) is 6. The number of anilines is 2. The highest BCUT2D eigenvalue weighted by Gasteiger charge is 2.28. The predicted molar refractivity (Wildman–Crippen MR) is 138 cm³/mol. The van der Waals surface area contributed by atoms with Crippen molar-refractivity contribution >= 4 is 34.1 Å². The molecule has 1 aromatic carbocycles. The summed E-state index contributed by atoms with van der Waals surface area (Å²) in [6.07, 6.45) is 5.24. The molecule has 6 rings (SSSR count). The molecule has 0 bridgehead atoms. The third-order valence-electron chi connectivity index (χ3n) is 7.27. The van der Waals surface area contributed by atoms with E-state index in [-0.39, 0.29) is 23.0 Å². The van der Waals surface area contributed by atoms with Crippen LogP contribution in [-0.2, 0) is 4.79 Å². The van der Waals surface area contributed by atoms with E-state index in [0.29, 0.717) is 0 Å². The van der Waals surface area contributed by atoms with E-state index < -0.39 is 0 Å². The lowest BCUT2D eigenvalue weighted by atomic mass is 9.98. The zero-order chi connectivity index (χ0) is 24.6. The summed E-state index contributed by atoms with van der Waals surface area (Å²) in [5.74, 6) is 1.40. The summed E-state index contributed by atoms with van der Waals surface area (Å²) < 4.78 is 15.7. The number of aromatic nitrogens is 4. The van der Waals surface area contributed by atoms with Gasteiger partial charge in [-0.2, -0.15) is 0 Å². The van der Waals surface area contributed by atoms with Crippen LogP contribution in [0.4, 0.5) is 16.0 Å². The van der Waals surface area contributed by atoms with Crippen molar-refractivity contribution in [2.24, 2.45) is 5.92 Å². The first-order chi connectivity index (χ1) is 17.6. The van der Waals surface area contributed by atoms with Crippen LogP contribution in [0.15, 0.2) is 60.8 Å². The number of hydrogen-bond acceptors (Lipinski definition) is 6. The Balaban J connectivity index is 1.30. The number of pyridine rings is 1. The SMILES string of the molecule is O=C(Cl)C1CCN(c2cccc(-c3cnc4ccc(N5CCCC5c5cccc(F)c5)nn34)n2)CC1. The van der Waals surface area contributed by atoms with Crippen LogP contribution in [0.2, 0.25) is 0 Å². The average molecular weight is 505 g/mol. The number of rotatable bonds is 5. The van der Waals surface area contributed by atoms with Crippen molar-refractivity contribution in [3.63, 3.8) is 0 Å². The quantitative estimate of drug-likeness (QED) is 0.346. The molecule has 7 nitrogen and oxygen atoms in total. The lowest BCUT2D eigenvalue weighted by Crippen LogP contribution is -2.35. The fourth-order valence-electron chi connectivity index (χ4n) is 5.37. The molecule has 36 heavy (non-hydrogen) atoms. The lowest BCUT2D eigenvalue weighted by molar-refractivity contribution is -0.115. The molecule has 184 valence electrons. The molecule has 0 aliphatic carbocycles. The fourth-order valence-corrected chi connectivity index (χ4v) is 5.59. The number of carbonyl (C=O) groups is 1. The first-order valence-electron chi connectivity index (χ1n) is 12.4. The van der Waals surface area contributed by atoms with Gasteiger partial charge in [0.25, 0.3) is 0 Å². The zero-order valence-corrected chi connectivity index (χ0v) is 20.5. The molecule has 5 heterocycles. The van der Waals surface area contributed by atoms with Gasteiger partial charge in [0.1, 0.15) is 23.1 Å². The molecule has 2 fully saturated rings. The number of piperidine rings is 1. The summed E-state index contributed by atoms with van der Waals surface area (Å²) in [4.78, 5) is 25.4. The fraction of sp³-hybridized carbons (Fsp3) is 0.333. The molecule has 0 saturated carbocycles. The van der Waals surface area contributed by atoms with E-state index in [1.54, 1.807) is 18.3 Å². The summed E-state index contributed by atoms with van der Waals surface area (Å²) >= 11 is 5.70. The maximum Gasteiger partial charge on any atom is 0.224 e. The summed E-state index contributed by atoms with van der Waals surface area (Å²) in [5.41, 5.74) is 3.29. The molecular formula is C27H26ClFN6O. The number of carbonyl (C=O) groups excluding carboxylic acids is 1.